The Labute approximate surface area is 243 Å². The summed E-state index contributed by atoms with van der Waals surface area (Å²) in [5.41, 5.74) is 4.18. The number of carbonyl (C=O) groups is 4. The smallest absolute Gasteiger partial charge is 0.416 e. The van der Waals surface area contributed by atoms with Crippen molar-refractivity contribution in [3.05, 3.63) is 42.2 Å². The van der Waals surface area contributed by atoms with Gasteiger partial charge in [0.15, 0.2) is 11.4 Å². The Kier molecular flexibility index (Phi) is 8.87. The number of nitrogens with one attached hydrogen (secondary N) is 1. The third-order valence-electron chi connectivity index (χ3n) is 6.48. The number of rotatable bonds is 8. The van der Waals surface area contributed by atoms with Crippen molar-refractivity contribution in [3.8, 4) is 11.5 Å². The van der Waals surface area contributed by atoms with Crippen LogP contribution in [0.3, 0.4) is 0 Å². The summed E-state index contributed by atoms with van der Waals surface area (Å²) in [4.78, 5) is 57.0. The molecule has 0 unspecified atom stereocenters. The number of carbonyl (C=O) groups excluding carboxylic acids is 4. The zero-order valence-corrected chi connectivity index (χ0v) is 23.6. The molecule has 0 radical (unpaired) electrons. The summed E-state index contributed by atoms with van der Waals surface area (Å²) >= 11 is 0. The van der Waals surface area contributed by atoms with Gasteiger partial charge in [0.25, 0.3) is 11.8 Å². The highest BCUT2D eigenvalue weighted by Gasteiger charge is 2.37. The van der Waals surface area contributed by atoms with E-state index >= 15 is 0 Å². The van der Waals surface area contributed by atoms with E-state index in [9.17, 15) is 32.3 Å². The third kappa shape index (κ3) is 7.96. The van der Waals surface area contributed by atoms with Gasteiger partial charge >= 0.3 is 12.3 Å². The first kappa shape index (κ1) is 31.2. The molecule has 13 nitrogen and oxygen atoms in total. The van der Waals surface area contributed by atoms with E-state index in [-0.39, 0.29) is 46.3 Å². The average Bonchev–Trinajstić information content (AvgIpc) is 3.59. The maximum Gasteiger partial charge on any atom is 0.416 e. The van der Waals surface area contributed by atoms with Crippen molar-refractivity contribution < 1.29 is 41.5 Å². The van der Waals surface area contributed by atoms with E-state index in [1.165, 1.54) is 33.0 Å². The van der Waals surface area contributed by atoms with E-state index in [0.717, 1.165) is 24.8 Å². The van der Waals surface area contributed by atoms with Gasteiger partial charge in [0.1, 0.15) is 30.5 Å². The number of aldehydes is 1. The zero-order valence-electron chi connectivity index (χ0n) is 23.6. The number of nitrogens with zero attached hydrogens (tertiary/aromatic N) is 5. The Morgan fingerprint density at radius 2 is 1.91 bits per heavy atom. The fourth-order valence-corrected chi connectivity index (χ4v) is 4.49. The molecule has 1 fully saturated rings. The topological polar surface area (TPSA) is 176 Å². The Morgan fingerprint density at radius 1 is 1.21 bits per heavy atom. The second kappa shape index (κ2) is 12.2. The molecule has 0 aromatic carbocycles. The van der Waals surface area contributed by atoms with Crippen LogP contribution in [0.2, 0.25) is 0 Å². The minimum atomic E-state index is -4.75. The van der Waals surface area contributed by atoms with Crippen LogP contribution in [0.5, 0.6) is 0 Å². The van der Waals surface area contributed by atoms with Crippen molar-refractivity contribution in [1.82, 2.24) is 19.7 Å². The van der Waals surface area contributed by atoms with E-state index in [2.05, 4.69) is 20.4 Å². The van der Waals surface area contributed by atoms with Gasteiger partial charge in [-0.15, -0.1) is 0 Å². The molecular weight excluding hydrogens is 575 g/mol. The Bertz CT molecular complexity index is 1500. The van der Waals surface area contributed by atoms with Gasteiger partial charge in [-0.1, -0.05) is 0 Å². The van der Waals surface area contributed by atoms with Crippen LogP contribution in [0.15, 0.2) is 35.2 Å². The number of anilines is 2. The minimum absolute atomic E-state index is 0.0237. The number of halogens is 3. The number of hydrogen-bond donors (Lipinski definition) is 2. The third-order valence-corrected chi connectivity index (χ3v) is 6.48. The molecule has 3 N–H and O–H groups in total. The van der Waals surface area contributed by atoms with E-state index in [1.807, 2.05) is 0 Å². The largest absolute Gasteiger partial charge is 0.444 e. The molecule has 0 bridgehead atoms. The number of nitrogens with two attached hydrogens (primary N) is 1. The Hall–Kier alpha value is -4.76. The monoisotopic (exact) mass is 605 g/mol. The molecule has 1 aliphatic rings. The van der Waals surface area contributed by atoms with Crippen LogP contribution in [0, 0.1) is 5.92 Å². The molecular formula is C27H30F3N7O6. The molecule has 0 aliphatic heterocycles. The summed E-state index contributed by atoms with van der Waals surface area (Å²) in [5, 5.41) is 6.77. The van der Waals surface area contributed by atoms with Crippen molar-refractivity contribution >= 4 is 35.7 Å². The summed E-state index contributed by atoms with van der Waals surface area (Å²) in [5.74, 6) is -2.20. The van der Waals surface area contributed by atoms with Crippen molar-refractivity contribution in [2.75, 3.05) is 16.8 Å². The van der Waals surface area contributed by atoms with Gasteiger partial charge in [-0.05, 0) is 58.6 Å². The fraction of sp³-hybridized carbons (Fsp3) is 0.444. The predicted molar refractivity (Wildman–Crippen MR) is 145 cm³/mol. The van der Waals surface area contributed by atoms with Crippen LogP contribution < -0.4 is 16.0 Å². The number of oxazole rings is 1. The molecule has 4 rings (SSSR count). The maximum absolute atomic E-state index is 13.3. The molecule has 3 aromatic heterocycles. The first-order chi connectivity index (χ1) is 20.1. The van der Waals surface area contributed by atoms with Gasteiger partial charge in [-0.25, -0.2) is 14.8 Å². The molecule has 3 heterocycles. The lowest BCUT2D eigenvalue weighted by atomic mass is 9.87. The number of aromatic nitrogens is 4. The SMILES string of the molecule is CC(C)(C)OC(=O)N(CC(F)(F)F)c1cc(-c2nc(C(=O)Nc3cn([C@H]4CC[C@H](C=O)CC4)nc3C(N)=O)co2)ccn1. The summed E-state index contributed by atoms with van der Waals surface area (Å²) in [7, 11) is 0. The van der Waals surface area contributed by atoms with Crippen LogP contribution in [0.1, 0.15) is 73.5 Å². The van der Waals surface area contributed by atoms with Gasteiger partial charge in [0.05, 0.1) is 11.7 Å². The summed E-state index contributed by atoms with van der Waals surface area (Å²) in [6, 6.07) is 2.42. The molecule has 3 amide bonds. The predicted octanol–water partition coefficient (Wildman–Crippen LogP) is 4.52. The van der Waals surface area contributed by atoms with Gasteiger partial charge in [0, 0.05) is 23.9 Å². The molecule has 3 aromatic rings. The summed E-state index contributed by atoms with van der Waals surface area (Å²) in [6.07, 6.45) is 1.22. The summed E-state index contributed by atoms with van der Waals surface area (Å²) in [6.45, 7) is 2.87. The highest BCUT2D eigenvalue weighted by atomic mass is 19.4. The van der Waals surface area contributed by atoms with Crippen LogP contribution >= 0.6 is 0 Å². The molecule has 230 valence electrons. The first-order valence-electron chi connectivity index (χ1n) is 13.3. The van der Waals surface area contributed by atoms with Crippen molar-refractivity contribution in [3.63, 3.8) is 0 Å². The van der Waals surface area contributed by atoms with Gasteiger partial charge in [0.2, 0.25) is 5.89 Å². The Balaban J connectivity index is 1.54. The van der Waals surface area contributed by atoms with Gasteiger partial charge in [-0.2, -0.15) is 18.3 Å². The van der Waals surface area contributed by atoms with Gasteiger partial charge in [-0.3, -0.25) is 19.2 Å². The second-order valence-corrected chi connectivity index (χ2v) is 11.0. The zero-order chi connectivity index (χ0) is 31.5. The lowest BCUT2D eigenvalue weighted by Crippen LogP contribution is -2.42. The van der Waals surface area contributed by atoms with E-state index in [4.69, 9.17) is 14.9 Å². The molecule has 16 heteroatoms. The molecule has 1 saturated carbocycles. The average molecular weight is 606 g/mol. The van der Waals surface area contributed by atoms with Crippen molar-refractivity contribution in [1.29, 1.82) is 0 Å². The van der Waals surface area contributed by atoms with Crippen LogP contribution in [0.4, 0.5) is 29.5 Å². The highest BCUT2D eigenvalue weighted by Crippen LogP contribution is 2.32. The van der Waals surface area contributed by atoms with Gasteiger partial charge < -0.3 is 25.0 Å². The number of ether oxygens (including phenoxy) is 1. The molecule has 0 atom stereocenters. The number of pyridine rings is 1. The van der Waals surface area contributed by atoms with Crippen LogP contribution in [0.25, 0.3) is 11.5 Å². The lowest BCUT2D eigenvalue weighted by Gasteiger charge is -2.27. The Morgan fingerprint density at radius 3 is 2.51 bits per heavy atom. The molecule has 43 heavy (non-hydrogen) atoms. The molecule has 0 saturated heterocycles. The number of primary amides is 1. The standard InChI is InChI=1S/C27H30F3N7O6/c1-26(2,3)43-25(41)36(14-27(28,29)30)20-10-16(8-9-32-20)24-34-19(13-42-24)23(40)33-18-11-37(35-21(18)22(31)39)17-6-4-15(12-38)5-7-17/h8-13,15,17H,4-7,14H2,1-3H3,(H2,31,39)(H,33,40)/t15-,17-. The van der Waals surface area contributed by atoms with E-state index in [1.54, 1.807) is 4.68 Å². The van der Waals surface area contributed by atoms with Crippen molar-refractivity contribution in [2.45, 2.75) is 64.3 Å². The van der Waals surface area contributed by atoms with Crippen LogP contribution in [-0.4, -0.2) is 62.3 Å². The molecule has 0 spiro atoms. The number of alkyl halides is 3. The first-order valence-corrected chi connectivity index (χ1v) is 13.3. The number of amides is 3. The quantitative estimate of drug-likeness (QED) is 0.350. The summed E-state index contributed by atoms with van der Waals surface area (Å²) < 4.78 is 51.9. The highest BCUT2D eigenvalue weighted by molar-refractivity contribution is 6.07. The fourth-order valence-electron chi connectivity index (χ4n) is 4.49. The minimum Gasteiger partial charge on any atom is -0.444 e. The normalized spacial score (nSPS) is 17.3. The van der Waals surface area contributed by atoms with E-state index in [0.29, 0.717) is 30.6 Å². The van der Waals surface area contributed by atoms with Crippen molar-refractivity contribution in [2.24, 2.45) is 11.7 Å². The lowest BCUT2D eigenvalue weighted by molar-refractivity contribution is -0.119. The molecule has 1 aliphatic carbocycles. The van der Waals surface area contributed by atoms with Crippen LogP contribution in [-0.2, 0) is 9.53 Å². The van der Waals surface area contributed by atoms with E-state index < -0.39 is 36.2 Å². The maximum atomic E-state index is 13.3. The second-order valence-electron chi connectivity index (χ2n) is 11.0. The number of hydrogen-bond acceptors (Lipinski definition) is 9.